The summed E-state index contributed by atoms with van der Waals surface area (Å²) in [6.45, 7) is 1.81. The molecule has 2 aliphatic rings. The summed E-state index contributed by atoms with van der Waals surface area (Å²) in [6.07, 6.45) is 0. The number of hydrogen-bond donors (Lipinski definition) is 0. The number of halogens is 1. The number of imide groups is 1. The summed E-state index contributed by atoms with van der Waals surface area (Å²) in [5.74, 6) is -2.73. The molecule has 0 spiro atoms. The zero-order valence-electron chi connectivity index (χ0n) is 14.9. The van der Waals surface area contributed by atoms with E-state index in [1.807, 2.05) is 6.07 Å². The molecule has 8 heteroatoms. The Bertz CT molecular complexity index is 992. The lowest BCUT2D eigenvalue weighted by molar-refractivity contribution is -0.136. The molecule has 0 aliphatic carbocycles. The van der Waals surface area contributed by atoms with Crippen molar-refractivity contribution < 1.29 is 19.1 Å². The van der Waals surface area contributed by atoms with Gasteiger partial charge in [0.1, 0.15) is 12.0 Å². The van der Waals surface area contributed by atoms with Crippen molar-refractivity contribution in [1.29, 1.82) is 0 Å². The van der Waals surface area contributed by atoms with Crippen LogP contribution >= 0.6 is 11.6 Å². The maximum Gasteiger partial charge on any atom is 0.355 e. The fourth-order valence-corrected chi connectivity index (χ4v) is 3.64. The molecule has 0 unspecified atom stereocenters. The number of hydrogen-bond acceptors (Lipinski definition) is 6. The SMILES string of the molecule is CCOC(=O)C1=NN(c2ccccc2)[C@@H]2C(=O)N(c3cccc(Cl)c3)C(=O)[C@@H]12. The highest BCUT2D eigenvalue weighted by Crippen LogP contribution is 2.38. The molecular weight excluding hydrogens is 382 g/mol. The van der Waals surface area contributed by atoms with E-state index < -0.39 is 29.7 Å². The predicted octanol–water partition coefficient (Wildman–Crippen LogP) is 2.64. The zero-order valence-corrected chi connectivity index (χ0v) is 15.7. The minimum Gasteiger partial charge on any atom is -0.461 e. The van der Waals surface area contributed by atoms with E-state index in [9.17, 15) is 14.4 Å². The molecule has 0 bridgehead atoms. The van der Waals surface area contributed by atoms with Gasteiger partial charge in [0.05, 0.1) is 18.0 Å². The van der Waals surface area contributed by atoms with Crippen molar-refractivity contribution in [2.45, 2.75) is 13.0 Å². The number of hydrazone groups is 1. The Morgan fingerprint density at radius 3 is 2.46 bits per heavy atom. The van der Waals surface area contributed by atoms with Crippen molar-refractivity contribution in [1.82, 2.24) is 0 Å². The van der Waals surface area contributed by atoms with Crippen LogP contribution in [-0.2, 0) is 19.1 Å². The van der Waals surface area contributed by atoms with Crippen LogP contribution in [0.2, 0.25) is 5.02 Å². The van der Waals surface area contributed by atoms with Crippen LogP contribution in [0.1, 0.15) is 6.92 Å². The van der Waals surface area contributed by atoms with E-state index in [1.54, 1.807) is 49.4 Å². The second kappa shape index (κ2) is 7.09. The number of anilines is 2. The van der Waals surface area contributed by atoms with Crippen LogP contribution in [0.3, 0.4) is 0 Å². The Morgan fingerprint density at radius 1 is 1.07 bits per heavy atom. The minimum absolute atomic E-state index is 0.0708. The topological polar surface area (TPSA) is 79.3 Å². The normalized spacial score (nSPS) is 21.0. The third kappa shape index (κ3) is 2.84. The lowest BCUT2D eigenvalue weighted by Crippen LogP contribution is -2.39. The van der Waals surface area contributed by atoms with E-state index in [1.165, 1.54) is 11.1 Å². The van der Waals surface area contributed by atoms with Crippen LogP contribution < -0.4 is 9.91 Å². The summed E-state index contributed by atoms with van der Waals surface area (Å²) in [6, 6.07) is 14.4. The van der Waals surface area contributed by atoms with Gasteiger partial charge >= 0.3 is 5.97 Å². The van der Waals surface area contributed by atoms with E-state index in [0.717, 1.165) is 4.90 Å². The summed E-state index contributed by atoms with van der Waals surface area (Å²) >= 11 is 6.03. The Morgan fingerprint density at radius 2 is 1.79 bits per heavy atom. The third-order valence-electron chi connectivity index (χ3n) is 4.62. The first-order chi connectivity index (χ1) is 13.5. The molecule has 2 aromatic carbocycles. The largest absolute Gasteiger partial charge is 0.461 e. The molecule has 0 N–H and O–H groups in total. The smallest absolute Gasteiger partial charge is 0.355 e. The van der Waals surface area contributed by atoms with Crippen molar-refractivity contribution in [3.8, 4) is 0 Å². The molecule has 142 valence electrons. The van der Waals surface area contributed by atoms with Crippen LogP contribution in [0.15, 0.2) is 59.7 Å². The fraction of sp³-hybridized carbons (Fsp3) is 0.200. The Balaban J connectivity index is 1.79. The summed E-state index contributed by atoms with van der Waals surface area (Å²) < 4.78 is 5.06. The number of amides is 2. The summed E-state index contributed by atoms with van der Waals surface area (Å²) in [5, 5.41) is 6.10. The van der Waals surface area contributed by atoms with Crippen LogP contribution in [0.25, 0.3) is 0 Å². The second-order valence-electron chi connectivity index (χ2n) is 6.30. The molecule has 2 aromatic rings. The predicted molar refractivity (Wildman–Crippen MR) is 104 cm³/mol. The number of nitrogens with zero attached hydrogens (tertiary/aromatic N) is 3. The van der Waals surface area contributed by atoms with Gasteiger partial charge in [-0.2, -0.15) is 5.10 Å². The monoisotopic (exact) mass is 397 g/mol. The maximum atomic E-state index is 13.2. The van der Waals surface area contributed by atoms with E-state index in [2.05, 4.69) is 5.10 Å². The van der Waals surface area contributed by atoms with Gasteiger partial charge in [0.25, 0.3) is 5.91 Å². The summed E-state index contributed by atoms with van der Waals surface area (Å²) in [4.78, 5) is 39.9. The lowest BCUT2D eigenvalue weighted by Gasteiger charge is -2.22. The number of ether oxygens (including phenoxy) is 1. The molecular formula is C20H16ClN3O4. The molecule has 4 rings (SSSR count). The molecule has 0 radical (unpaired) electrons. The second-order valence-corrected chi connectivity index (χ2v) is 6.74. The molecule has 7 nitrogen and oxygen atoms in total. The van der Waals surface area contributed by atoms with Gasteiger partial charge in [0, 0.05) is 5.02 Å². The molecule has 2 atom stereocenters. The molecule has 0 aromatic heterocycles. The number of esters is 1. The van der Waals surface area contributed by atoms with E-state index in [-0.39, 0.29) is 12.3 Å². The number of carbonyl (C=O) groups is 3. The fourth-order valence-electron chi connectivity index (χ4n) is 3.45. The molecule has 2 aliphatic heterocycles. The van der Waals surface area contributed by atoms with Crippen molar-refractivity contribution in [3.63, 3.8) is 0 Å². The van der Waals surface area contributed by atoms with Crippen LogP contribution in [0, 0.1) is 5.92 Å². The van der Waals surface area contributed by atoms with Gasteiger partial charge < -0.3 is 4.74 Å². The molecule has 1 saturated heterocycles. The quantitative estimate of drug-likeness (QED) is 0.585. The van der Waals surface area contributed by atoms with Gasteiger partial charge in [-0.25, -0.2) is 9.69 Å². The maximum absolute atomic E-state index is 13.2. The van der Waals surface area contributed by atoms with Crippen molar-refractivity contribution in [2.75, 3.05) is 16.5 Å². The van der Waals surface area contributed by atoms with Crippen molar-refractivity contribution in [3.05, 3.63) is 59.6 Å². The highest BCUT2D eigenvalue weighted by molar-refractivity contribution is 6.47. The van der Waals surface area contributed by atoms with Crippen molar-refractivity contribution >= 4 is 46.5 Å². The average molecular weight is 398 g/mol. The van der Waals surface area contributed by atoms with Crippen LogP contribution in [0.5, 0.6) is 0 Å². The number of rotatable bonds is 4. The zero-order chi connectivity index (χ0) is 19.8. The minimum atomic E-state index is -1.04. The molecule has 1 fully saturated rings. The van der Waals surface area contributed by atoms with Gasteiger partial charge in [-0.3, -0.25) is 14.6 Å². The Hall–Kier alpha value is -3.19. The number of fused-ring (bicyclic) bond motifs is 1. The number of para-hydroxylation sites is 1. The van der Waals surface area contributed by atoms with E-state index in [0.29, 0.717) is 16.4 Å². The van der Waals surface area contributed by atoms with Gasteiger partial charge in [-0.1, -0.05) is 35.9 Å². The van der Waals surface area contributed by atoms with Gasteiger partial charge in [-0.15, -0.1) is 0 Å². The molecule has 2 heterocycles. The van der Waals surface area contributed by atoms with E-state index >= 15 is 0 Å². The van der Waals surface area contributed by atoms with Crippen LogP contribution in [-0.4, -0.2) is 36.1 Å². The first-order valence-electron chi connectivity index (χ1n) is 8.76. The van der Waals surface area contributed by atoms with Crippen LogP contribution in [0.4, 0.5) is 11.4 Å². The van der Waals surface area contributed by atoms with Gasteiger partial charge in [-0.05, 0) is 37.3 Å². The van der Waals surface area contributed by atoms with Gasteiger partial charge in [0.15, 0.2) is 5.71 Å². The first kappa shape index (κ1) is 18.2. The Kier molecular flexibility index (Phi) is 4.60. The first-order valence-corrected chi connectivity index (χ1v) is 9.14. The molecule has 2 amide bonds. The third-order valence-corrected chi connectivity index (χ3v) is 4.86. The highest BCUT2D eigenvalue weighted by atomic mass is 35.5. The average Bonchev–Trinajstić information content (AvgIpc) is 3.20. The lowest BCUT2D eigenvalue weighted by atomic mass is 9.98. The summed E-state index contributed by atoms with van der Waals surface area (Å²) in [7, 11) is 0. The number of benzene rings is 2. The Labute approximate surface area is 166 Å². The number of carbonyl (C=O) groups excluding carboxylic acids is 3. The standard InChI is InChI=1S/C20H16ClN3O4/c1-2-28-20(27)16-15-17(24(22-16)13-8-4-3-5-9-13)19(26)23(18(15)25)14-10-6-7-12(21)11-14/h3-11,15,17H,2H2,1H3/t15-,17-/m0/s1. The van der Waals surface area contributed by atoms with E-state index in [4.69, 9.17) is 16.3 Å². The highest BCUT2D eigenvalue weighted by Gasteiger charge is 2.59. The summed E-state index contributed by atoms with van der Waals surface area (Å²) in [5.41, 5.74) is 0.887. The molecule has 0 saturated carbocycles. The van der Waals surface area contributed by atoms with Crippen molar-refractivity contribution in [2.24, 2.45) is 11.0 Å². The van der Waals surface area contributed by atoms with Gasteiger partial charge in [0.2, 0.25) is 5.91 Å². The molecule has 28 heavy (non-hydrogen) atoms.